The van der Waals surface area contributed by atoms with Crippen LogP contribution in [-0.4, -0.2) is 11.0 Å². The smallest absolute Gasteiger partial charge is 0.255 e. The highest BCUT2D eigenvalue weighted by Crippen LogP contribution is 2.12. The summed E-state index contributed by atoms with van der Waals surface area (Å²) in [4.78, 5) is 11.8. The zero-order valence-corrected chi connectivity index (χ0v) is 13.3. The van der Waals surface area contributed by atoms with Gasteiger partial charge in [0.05, 0.1) is 6.61 Å². The number of carbonyl (C=O) groups is 1. The summed E-state index contributed by atoms with van der Waals surface area (Å²) >= 11 is 0. The molecule has 0 atom stereocenters. The lowest BCUT2D eigenvalue weighted by Gasteiger charge is -2.06. The molecule has 0 saturated heterocycles. The molecule has 2 aromatic rings. The third kappa shape index (κ3) is 6.72. The highest BCUT2D eigenvalue weighted by molar-refractivity contribution is 6.04. The van der Waals surface area contributed by atoms with Crippen molar-refractivity contribution < 1.29 is 9.90 Å². The van der Waals surface area contributed by atoms with Crippen LogP contribution in [0.1, 0.15) is 43.6 Å². The molecule has 0 aromatic heterocycles. The van der Waals surface area contributed by atoms with E-state index in [4.69, 9.17) is 5.11 Å². The Kier molecular flexibility index (Phi) is 10.5. The monoisotopic (exact) mass is 287 g/mol. The van der Waals surface area contributed by atoms with Crippen molar-refractivity contribution >= 4 is 11.6 Å². The number of nitrogens with one attached hydrogen (secondary N) is 1. The molecule has 2 rings (SSSR count). The number of carbonyl (C=O) groups excluding carboxylic acids is 1. The van der Waals surface area contributed by atoms with E-state index in [1.165, 1.54) is 0 Å². The molecule has 0 aliphatic heterocycles. The Morgan fingerprint density at radius 1 is 0.952 bits per heavy atom. The van der Waals surface area contributed by atoms with Gasteiger partial charge < -0.3 is 10.4 Å². The van der Waals surface area contributed by atoms with E-state index in [1.807, 2.05) is 45.9 Å². The van der Waals surface area contributed by atoms with E-state index in [0.29, 0.717) is 11.3 Å². The molecule has 0 aliphatic carbocycles. The van der Waals surface area contributed by atoms with Gasteiger partial charge in [-0.25, -0.2) is 0 Å². The van der Waals surface area contributed by atoms with Crippen LogP contribution in [0.25, 0.3) is 0 Å². The van der Waals surface area contributed by atoms with Gasteiger partial charge in [0.15, 0.2) is 0 Å². The van der Waals surface area contributed by atoms with Crippen LogP contribution >= 0.6 is 0 Å². The highest BCUT2D eigenvalue weighted by atomic mass is 16.3. The molecule has 3 heteroatoms. The average Bonchev–Trinajstić information content (AvgIpc) is 2.59. The molecule has 2 N–H and O–H groups in total. The average molecular weight is 287 g/mol. The summed E-state index contributed by atoms with van der Waals surface area (Å²) in [6.07, 6.45) is 0. The lowest BCUT2D eigenvalue weighted by Crippen LogP contribution is -2.11. The molecular formula is C18H25NO2. The lowest BCUT2D eigenvalue weighted by molar-refractivity contribution is 0.102. The normalized spacial score (nSPS) is 8.62. The number of benzene rings is 2. The Labute approximate surface area is 127 Å². The summed E-state index contributed by atoms with van der Waals surface area (Å²) in [5.74, 6) is -0.152. The van der Waals surface area contributed by atoms with Gasteiger partial charge in [0, 0.05) is 11.3 Å². The minimum Gasteiger partial charge on any atom is -0.392 e. The second-order valence-corrected chi connectivity index (χ2v) is 3.68. The van der Waals surface area contributed by atoms with Crippen LogP contribution in [0.5, 0.6) is 0 Å². The first-order valence-electron chi connectivity index (χ1n) is 7.36. The summed E-state index contributed by atoms with van der Waals surface area (Å²) in [5, 5.41) is 11.8. The zero-order valence-electron chi connectivity index (χ0n) is 13.3. The zero-order chi connectivity index (χ0) is 16.1. The number of amides is 1. The van der Waals surface area contributed by atoms with Gasteiger partial charge in [0.2, 0.25) is 0 Å². The van der Waals surface area contributed by atoms with Crippen LogP contribution in [0.2, 0.25) is 0 Å². The van der Waals surface area contributed by atoms with Crippen LogP contribution < -0.4 is 5.32 Å². The Bertz CT molecular complexity index is 510. The van der Waals surface area contributed by atoms with E-state index >= 15 is 0 Å². The predicted molar refractivity (Wildman–Crippen MR) is 89.5 cm³/mol. The van der Waals surface area contributed by atoms with Crippen molar-refractivity contribution in [2.24, 2.45) is 0 Å². The van der Waals surface area contributed by atoms with Crippen molar-refractivity contribution in [3.05, 3.63) is 65.7 Å². The second kappa shape index (κ2) is 11.7. The van der Waals surface area contributed by atoms with Crippen molar-refractivity contribution in [1.29, 1.82) is 0 Å². The third-order valence-electron chi connectivity index (χ3n) is 2.40. The van der Waals surface area contributed by atoms with E-state index in [9.17, 15) is 4.79 Å². The number of aliphatic hydroxyl groups is 1. The molecule has 0 radical (unpaired) electrons. The number of aliphatic hydroxyl groups excluding tert-OH is 1. The fourth-order valence-electron chi connectivity index (χ4n) is 1.54. The fourth-order valence-corrected chi connectivity index (χ4v) is 1.54. The lowest BCUT2D eigenvalue weighted by atomic mass is 10.2. The molecule has 3 nitrogen and oxygen atoms in total. The summed E-state index contributed by atoms with van der Waals surface area (Å²) in [6.45, 7) is 7.97. The number of hydrogen-bond acceptors (Lipinski definition) is 2. The summed E-state index contributed by atoms with van der Waals surface area (Å²) in [7, 11) is 0. The van der Waals surface area contributed by atoms with Crippen molar-refractivity contribution in [2.45, 2.75) is 34.3 Å². The van der Waals surface area contributed by atoms with Gasteiger partial charge in [0.25, 0.3) is 5.91 Å². The topological polar surface area (TPSA) is 49.3 Å². The van der Waals surface area contributed by atoms with Crippen LogP contribution in [-0.2, 0) is 6.61 Å². The molecule has 0 spiro atoms. The molecule has 2 aromatic carbocycles. The first-order chi connectivity index (χ1) is 10.3. The van der Waals surface area contributed by atoms with Gasteiger partial charge in [-0.3, -0.25) is 4.79 Å². The van der Waals surface area contributed by atoms with E-state index < -0.39 is 0 Å². The second-order valence-electron chi connectivity index (χ2n) is 3.68. The molecule has 0 unspecified atom stereocenters. The number of hydrogen-bond donors (Lipinski definition) is 2. The minimum absolute atomic E-state index is 0.0327. The van der Waals surface area contributed by atoms with Crippen LogP contribution in [0.3, 0.4) is 0 Å². The Morgan fingerprint density at radius 2 is 1.57 bits per heavy atom. The van der Waals surface area contributed by atoms with Crippen LogP contribution in [0.4, 0.5) is 5.69 Å². The molecule has 0 bridgehead atoms. The Morgan fingerprint density at radius 3 is 2.14 bits per heavy atom. The first kappa shape index (κ1) is 18.9. The largest absolute Gasteiger partial charge is 0.392 e. The summed E-state index contributed by atoms with van der Waals surface area (Å²) < 4.78 is 0. The molecule has 114 valence electrons. The quantitative estimate of drug-likeness (QED) is 0.874. The SMILES string of the molecule is CC.CC.O=C(Nc1cccc(CO)c1)c1ccccc1. The number of rotatable bonds is 3. The Balaban J connectivity index is 0.000000921. The van der Waals surface area contributed by atoms with Gasteiger partial charge in [-0.1, -0.05) is 58.0 Å². The van der Waals surface area contributed by atoms with Gasteiger partial charge in [-0.05, 0) is 29.8 Å². The fraction of sp³-hybridized carbons (Fsp3) is 0.278. The van der Waals surface area contributed by atoms with Gasteiger partial charge in [-0.15, -0.1) is 0 Å². The molecule has 0 saturated carbocycles. The van der Waals surface area contributed by atoms with E-state index in [1.54, 1.807) is 36.4 Å². The molecule has 21 heavy (non-hydrogen) atoms. The molecular weight excluding hydrogens is 262 g/mol. The van der Waals surface area contributed by atoms with Gasteiger partial charge in [0.1, 0.15) is 0 Å². The highest BCUT2D eigenvalue weighted by Gasteiger charge is 2.04. The van der Waals surface area contributed by atoms with E-state index in [0.717, 1.165) is 5.56 Å². The van der Waals surface area contributed by atoms with E-state index in [-0.39, 0.29) is 12.5 Å². The Hall–Kier alpha value is -2.13. The van der Waals surface area contributed by atoms with Crippen molar-refractivity contribution in [3.63, 3.8) is 0 Å². The predicted octanol–water partition coefficient (Wildman–Crippen LogP) is 4.48. The maximum absolute atomic E-state index is 11.8. The van der Waals surface area contributed by atoms with Gasteiger partial charge >= 0.3 is 0 Å². The van der Waals surface area contributed by atoms with Crippen LogP contribution in [0, 0.1) is 0 Å². The summed E-state index contributed by atoms with van der Waals surface area (Å²) in [6, 6.07) is 16.2. The van der Waals surface area contributed by atoms with Crippen LogP contribution in [0.15, 0.2) is 54.6 Å². The minimum atomic E-state index is -0.152. The maximum atomic E-state index is 11.8. The standard InChI is InChI=1S/C14H13NO2.2C2H6/c16-10-11-5-4-8-13(9-11)15-14(17)12-6-2-1-3-7-12;2*1-2/h1-9,16H,10H2,(H,15,17);2*1-2H3. The summed E-state index contributed by atoms with van der Waals surface area (Å²) in [5.41, 5.74) is 2.07. The third-order valence-corrected chi connectivity index (χ3v) is 2.40. The first-order valence-corrected chi connectivity index (χ1v) is 7.36. The maximum Gasteiger partial charge on any atom is 0.255 e. The van der Waals surface area contributed by atoms with Crippen molar-refractivity contribution in [3.8, 4) is 0 Å². The van der Waals surface area contributed by atoms with Crippen molar-refractivity contribution in [1.82, 2.24) is 0 Å². The van der Waals surface area contributed by atoms with Gasteiger partial charge in [-0.2, -0.15) is 0 Å². The molecule has 0 heterocycles. The molecule has 1 amide bonds. The molecule has 0 aliphatic rings. The van der Waals surface area contributed by atoms with E-state index in [2.05, 4.69) is 5.32 Å². The number of anilines is 1. The van der Waals surface area contributed by atoms with Crippen molar-refractivity contribution in [2.75, 3.05) is 5.32 Å². The molecule has 0 fully saturated rings.